The maximum Gasteiger partial charge on any atom is 0.423 e. The van der Waals surface area contributed by atoms with Crippen molar-refractivity contribution in [2.75, 3.05) is 7.11 Å². The molecule has 0 aromatic heterocycles. The molecule has 0 aliphatic rings. The van der Waals surface area contributed by atoms with Crippen molar-refractivity contribution in [1.82, 2.24) is 0 Å². The second-order valence-corrected chi connectivity index (χ2v) is 4.83. The summed E-state index contributed by atoms with van der Waals surface area (Å²) in [6.07, 6.45) is -2.70. The number of methoxy groups -OCH3 is 1. The van der Waals surface area contributed by atoms with E-state index in [-0.39, 0.29) is 0 Å². The van der Waals surface area contributed by atoms with Crippen LogP contribution in [0.25, 0.3) is 0 Å². The Hall–Kier alpha value is -2.05. The molecule has 138 valence electrons. The zero-order valence-electron chi connectivity index (χ0n) is 15.2. The number of aryl methyl sites for hydroxylation is 1. The van der Waals surface area contributed by atoms with Crippen molar-refractivity contribution >= 4 is 5.69 Å². The summed E-state index contributed by atoms with van der Waals surface area (Å²) >= 11 is 0. The largest absolute Gasteiger partial charge is 0.501 e. The predicted octanol–water partition coefficient (Wildman–Crippen LogP) is 6.14. The third kappa shape index (κ3) is 8.55. The molecule has 0 radical (unpaired) electrons. The standard InChI is InChI=1S/C8H6F3NO2.C7H14O.C2H6/c1-5-2-3-7(12(13)14)6(4-5)8(9,10)11;1-5-7(8-4)6(2)3;1-2/h2-4H,1H3;5-6H,1-4H3;1-2H3. The van der Waals surface area contributed by atoms with E-state index in [0.29, 0.717) is 11.5 Å². The van der Waals surface area contributed by atoms with E-state index in [1.165, 1.54) is 13.0 Å². The van der Waals surface area contributed by atoms with Gasteiger partial charge in [-0.05, 0) is 26.0 Å². The lowest BCUT2D eigenvalue weighted by Crippen LogP contribution is -2.09. The van der Waals surface area contributed by atoms with Crippen LogP contribution in [0.2, 0.25) is 0 Å². The van der Waals surface area contributed by atoms with Gasteiger partial charge in [0.2, 0.25) is 0 Å². The Labute approximate surface area is 141 Å². The first-order valence-corrected chi connectivity index (χ1v) is 7.57. The Bertz CT molecular complexity index is 538. The molecule has 0 saturated heterocycles. The molecule has 24 heavy (non-hydrogen) atoms. The molecule has 0 saturated carbocycles. The van der Waals surface area contributed by atoms with Crippen LogP contribution < -0.4 is 0 Å². The van der Waals surface area contributed by atoms with Crippen LogP contribution in [0.1, 0.15) is 45.7 Å². The van der Waals surface area contributed by atoms with E-state index in [4.69, 9.17) is 4.74 Å². The van der Waals surface area contributed by atoms with Gasteiger partial charge in [-0.25, -0.2) is 0 Å². The molecular weight excluding hydrogens is 323 g/mol. The second-order valence-electron chi connectivity index (χ2n) is 4.83. The first-order valence-electron chi connectivity index (χ1n) is 7.57. The monoisotopic (exact) mass is 349 g/mol. The fourth-order valence-corrected chi connectivity index (χ4v) is 1.72. The number of nitro benzene ring substituents is 1. The summed E-state index contributed by atoms with van der Waals surface area (Å²) in [5.41, 5.74) is -1.78. The van der Waals surface area contributed by atoms with Gasteiger partial charge in [-0.2, -0.15) is 13.2 Å². The number of ether oxygens (including phenoxy) is 1. The van der Waals surface area contributed by atoms with E-state index in [1.54, 1.807) is 7.11 Å². The third-order valence-corrected chi connectivity index (χ3v) is 2.74. The highest BCUT2D eigenvalue weighted by Crippen LogP contribution is 2.36. The Morgan fingerprint density at radius 1 is 1.29 bits per heavy atom. The molecule has 0 aliphatic heterocycles. The van der Waals surface area contributed by atoms with Gasteiger partial charge in [0.1, 0.15) is 5.56 Å². The van der Waals surface area contributed by atoms with Crippen LogP contribution in [0.4, 0.5) is 18.9 Å². The number of hydrogen-bond donors (Lipinski definition) is 0. The van der Waals surface area contributed by atoms with E-state index < -0.39 is 22.4 Å². The molecule has 0 amide bonds. The summed E-state index contributed by atoms with van der Waals surface area (Å²) in [4.78, 5) is 9.25. The molecule has 1 aromatic carbocycles. The minimum Gasteiger partial charge on any atom is -0.501 e. The van der Waals surface area contributed by atoms with Crippen molar-refractivity contribution in [3.05, 3.63) is 51.3 Å². The fourth-order valence-electron chi connectivity index (χ4n) is 1.72. The molecule has 0 heterocycles. The average molecular weight is 349 g/mol. The number of allylic oxidation sites excluding steroid dienone is 2. The number of benzene rings is 1. The van der Waals surface area contributed by atoms with Crippen LogP contribution >= 0.6 is 0 Å². The first kappa shape index (κ1) is 24.2. The number of nitro groups is 1. The lowest BCUT2D eigenvalue weighted by Gasteiger charge is -2.07. The minimum absolute atomic E-state index is 0.336. The van der Waals surface area contributed by atoms with Crippen molar-refractivity contribution < 1.29 is 22.8 Å². The van der Waals surface area contributed by atoms with Crippen LogP contribution in [0.15, 0.2) is 30.0 Å². The quantitative estimate of drug-likeness (QED) is 0.374. The van der Waals surface area contributed by atoms with Crippen molar-refractivity contribution in [2.45, 2.75) is 47.7 Å². The molecule has 0 spiro atoms. The number of halogens is 3. The van der Waals surface area contributed by atoms with Crippen LogP contribution in [0.5, 0.6) is 0 Å². The molecule has 0 atom stereocenters. The van der Waals surface area contributed by atoms with E-state index in [2.05, 4.69) is 13.8 Å². The van der Waals surface area contributed by atoms with E-state index >= 15 is 0 Å². The zero-order valence-corrected chi connectivity index (χ0v) is 15.2. The van der Waals surface area contributed by atoms with Gasteiger partial charge < -0.3 is 4.74 Å². The summed E-state index contributed by atoms with van der Waals surface area (Å²) in [5.74, 6) is 1.58. The predicted molar refractivity (Wildman–Crippen MR) is 89.8 cm³/mol. The van der Waals surface area contributed by atoms with Crippen molar-refractivity contribution in [1.29, 1.82) is 0 Å². The maximum atomic E-state index is 12.3. The fraction of sp³-hybridized carbons (Fsp3) is 0.529. The second kappa shape index (κ2) is 11.5. The number of rotatable bonds is 3. The average Bonchev–Trinajstić information content (AvgIpc) is 2.49. The summed E-state index contributed by atoms with van der Waals surface area (Å²) in [6, 6.07) is 2.89. The Morgan fingerprint density at radius 2 is 1.79 bits per heavy atom. The van der Waals surface area contributed by atoms with Gasteiger partial charge >= 0.3 is 6.18 Å². The number of alkyl halides is 3. The van der Waals surface area contributed by atoms with Crippen LogP contribution in [-0.4, -0.2) is 12.0 Å². The van der Waals surface area contributed by atoms with Crippen LogP contribution in [0, 0.1) is 23.0 Å². The molecule has 0 unspecified atom stereocenters. The lowest BCUT2D eigenvalue weighted by molar-refractivity contribution is -0.388. The zero-order chi connectivity index (χ0) is 19.5. The molecule has 0 fully saturated rings. The normalized spacial score (nSPS) is 11.0. The van der Waals surface area contributed by atoms with E-state index in [0.717, 1.165) is 17.9 Å². The smallest absolute Gasteiger partial charge is 0.423 e. The highest BCUT2D eigenvalue weighted by Gasteiger charge is 2.37. The molecule has 1 aromatic rings. The van der Waals surface area contributed by atoms with Gasteiger partial charge in [0.15, 0.2) is 0 Å². The highest BCUT2D eigenvalue weighted by molar-refractivity contribution is 5.44. The molecule has 1 rings (SSSR count). The van der Waals surface area contributed by atoms with Crippen molar-refractivity contribution in [2.24, 2.45) is 5.92 Å². The Balaban J connectivity index is 0. The Kier molecular flexibility index (Phi) is 11.6. The maximum absolute atomic E-state index is 12.3. The van der Waals surface area contributed by atoms with Gasteiger partial charge in [-0.15, -0.1) is 0 Å². The van der Waals surface area contributed by atoms with E-state index in [1.807, 2.05) is 26.8 Å². The Morgan fingerprint density at radius 3 is 2.04 bits per heavy atom. The van der Waals surface area contributed by atoms with Gasteiger partial charge in [0.25, 0.3) is 5.69 Å². The molecule has 0 N–H and O–H groups in total. The van der Waals surface area contributed by atoms with Crippen LogP contribution in [-0.2, 0) is 10.9 Å². The topological polar surface area (TPSA) is 52.4 Å². The number of hydrogen-bond acceptors (Lipinski definition) is 3. The van der Waals surface area contributed by atoms with Crippen LogP contribution in [0.3, 0.4) is 0 Å². The summed E-state index contributed by atoms with van der Waals surface area (Å²) in [6.45, 7) is 11.6. The summed E-state index contributed by atoms with van der Waals surface area (Å²) in [7, 11) is 1.70. The summed E-state index contributed by atoms with van der Waals surface area (Å²) < 4.78 is 41.9. The van der Waals surface area contributed by atoms with Gasteiger partial charge in [0.05, 0.1) is 17.8 Å². The summed E-state index contributed by atoms with van der Waals surface area (Å²) in [5, 5.41) is 10.3. The van der Waals surface area contributed by atoms with Gasteiger partial charge in [-0.3, -0.25) is 10.1 Å². The highest BCUT2D eigenvalue weighted by atomic mass is 19.4. The molecule has 7 heteroatoms. The van der Waals surface area contributed by atoms with Gasteiger partial charge in [-0.1, -0.05) is 39.3 Å². The van der Waals surface area contributed by atoms with Gasteiger partial charge in [0, 0.05) is 12.0 Å². The molecule has 0 bridgehead atoms. The van der Waals surface area contributed by atoms with Crippen molar-refractivity contribution in [3.63, 3.8) is 0 Å². The lowest BCUT2D eigenvalue weighted by atomic mass is 10.1. The third-order valence-electron chi connectivity index (χ3n) is 2.74. The first-order chi connectivity index (χ1) is 11.0. The SMILES string of the molecule is CC.CC=C(OC)C(C)C.Cc1ccc([N+](=O)[O-])c(C(F)(F)F)c1. The molecule has 0 aliphatic carbocycles. The molecule has 4 nitrogen and oxygen atoms in total. The molecular formula is C17H26F3NO3. The number of nitrogens with zero attached hydrogens (tertiary/aromatic N) is 1. The van der Waals surface area contributed by atoms with Crippen molar-refractivity contribution in [3.8, 4) is 0 Å². The minimum atomic E-state index is -4.69. The van der Waals surface area contributed by atoms with E-state index in [9.17, 15) is 23.3 Å².